The molecule has 1 N–H and O–H groups in total. The molecule has 4 heteroatoms. The largest absolute Gasteiger partial charge is 0.379 e. The summed E-state index contributed by atoms with van der Waals surface area (Å²) in [5, 5.41) is 4.08. The molecule has 0 aliphatic carbocycles. The number of hydrogen-bond donors (Lipinski definition) is 1. The molecule has 0 saturated heterocycles. The van der Waals surface area contributed by atoms with Crippen molar-refractivity contribution in [2.75, 3.05) is 14.2 Å². The highest BCUT2D eigenvalue weighted by Crippen LogP contribution is 2.29. The Morgan fingerprint density at radius 2 is 2.11 bits per heavy atom. The van der Waals surface area contributed by atoms with E-state index in [2.05, 4.69) is 41.2 Å². The second kappa shape index (κ2) is 6.90. The van der Waals surface area contributed by atoms with Crippen LogP contribution >= 0.6 is 27.5 Å². The lowest BCUT2D eigenvalue weighted by molar-refractivity contribution is 0.0118. The fourth-order valence-electron chi connectivity index (χ4n) is 1.80. The van der Waals surface area contributed by atoms with E-state index in [0.29, 0.717) is 6.04 Å². The lowest BCUT2D eigenvalue weighted by Crippen LogP contribution is -2.26. The van der Waals surface area contributed by atoms with Crippen LogP contribution in [0.15, 0.2) is 22.7 Å². The van der Waals surface area contributed by atoms with Gasteiger partial charge in [-0.15, -0.1) is 0 Å². The zero-order valence-corrected chi connectivity index (χ0v) is 13.7. The molecule has 0 amide bonds. The second-order valence-electron chi connectivity index (χ2n) is 5.02. The first-order valence-corrected chi connectivity index (χ1v) is 7.24. The van der Waals surface area contributed by atoms with E-state index >= 15 is 0 Å². The SMILES string of the molecule is CNC(CCC(C)(C)OC)c1ccc(Br)c(Cl)c1. The molecule has 0 fully saturated rings. The van der Waals surface area contributed by atoms with Gasteiger partial charge in [-0.1, -0.05) is 17.7 Å². The Morgan fingerprint density at radius 3 is 2.61 bits per heavy atom. The van der Waals surface area contributed by atoms with Crippen molar-refractivity contribution in [2.45, 2.75) is 38.3 Å². The number of hydrogen-bond acceptors (Lipinski definition) is 2. The van der Waals surface area contributed by atoms with Crippen LogP contribution in [0.5, 0.6) is 0 Å². The van der Waals surface area contributed by atoms with Gasteiger partial charge in [-0.05, 0) is 67.4 Å². The summed E-state index contributed by atoms with van der Waals surface area (Å²) in [5.74, 6) is 0. The molecule has 1 aromatic carbocycles. The molecule has 1 rings (SSSR count). The Hall–Kier alpha value is -0.0900. The zero-order valence-electron chi connectivity index (χ0n) is 11.4. The summed E-state index contributed by atoms with van der Waals surface area (Å²) in [6.07, 6.45) is 2.00. The minimum atomic E-state index is -0.0890. The average molecular weight is 335 g/mol. The van der Waals surface area contributed by atoms with Crippen LogP contribution in [0, 0.1) is 0 Å². The van der Waals surface area contributed by atoms with Gasteiger partial charge in [-0.3, -0.25) is 0 Å². The van der Waals surface area contributed by atoms with Crippen LogP contribution in [0.2, 0.25) is 5.02 Å². The first-order valence-electron chi connectivity index (χ1n) is 6.07. The number of nitrogens with one attached hydrogen (secondary N) is 1. The van der Waals surface area contributed by atoms with Crippen LogP contribution in [0.25, 0.3) is 0 Å². The Balaban J connectivity index is 2.74. The predicted octanol–water partition coefficient (Wildman–Crippen LogP) is 4.57. The highest BCUT2D eigenvalue weighted by molar-refractivity contribution is 9.10. The van der Waals surface area contributed by atoms with Crippen molar-refractivity contribution in [2.24, 2.45) is 0 Å². The van der Waals surface area contributed by atoms with Gasteiger partial charge in [-0.25, -0.2) is 0 Å². The van der Waals surface area contributed by atoms with E-state index in [1.54, 1.807) is 7.11 Å². The molecule has 0 aliphatic rings. The van der Waals surface area contributed by atoms with Crippen molar-refractivity contribution in [3.05, 3.63) is 33.3 Å². The lowest BCUT2D eigenvalue weighted by Gasteiger charge is -2.26. The van der Waals surface area contributed by atoms with Crippen molar-refractivity contribution in [1.29, 1.82) is 0 Å². The summed E-state index contributed by atoms with van der Waals surface area (Å²) in [5.41, 5.74) is 1.12. The molecular weight excluding hydrogens is 314 g/mol. The quantitative estimate of drug-likeness (QED) is 0.823. The summed E-state index contributed by atoms with van der Waals surface area (Å²) >= 11 is 9.54. The Kier molecular flexibility index (Phi) is 6.12. The van der Waals surface area contributed by atoms with Crippen LogP contribution in [0.3, 0.4) is 0 Å². The van der Waals surface area contributed by atoms with Crippen molar-refractivity contribution in [1.82, 2.24) is 5.32 Å². The third-order valence-corrected chi connectivity index (χ3v) is 4.51. The normalized spacial score (nSPS) is 13.7. The molecule has 0 aliphatic heterocycles. The Morgan fingerprint density at radius 1 is 1.44 bits per heavy atom. The second-order valence-corrected chi connectivity index (χ2v) is 6.28. The van der Waals surface area contributed by atoms with E-state index in [1.165, 1.54) is 5.56 Å². The van der Waals surface area contributed by atoms with E-state index in [9.17, 15) is 0 Å². The van der Waals surface area contributed by atoms with Crippen LogP contribution in [0.4, 0.5) is 0 Å². The summed E-state index contributed by atoms with van der Waals surface area (Å²) < 4.78 is 6.38. The number of methoxy groups -OCH3 is 1. The third-order valence-electron chi connectivity index (χ3n) is 3.28. The molecule has 0 heterocycles. The van der Waals surface area contributed by atoms with Crippen molar-refractivity contribution >= 4 is 27.5 Å². The molecule has 0 aromatic heterocycles. The van der Waals surface area contributed by atoms with Crippen LogP contribution < -0.4 is 5.32 Å². The van der Waals surface area contributed by atoms with Crippen molar-refractivity contribution < 1.29 is 4.74 Å². The summed E-state index contributed by atoms with van der Waals surface area (Å²) in [6, 6.07) is 6.39. The monoisotopic (exact) mass is 333 g/mol. The molecular formula is C14H21BrClNO. The maximum atomic E-state index is 6.13. The summed E-state index contributed by atoms with van der Waals surface area (Å²) in [4.78, 5) is 0. The molecule has 0 saturated carbocycles. The van der Waals surface area contributed by atoms with E-state index < -0.39 is 0 Å². The summed E-state index contributed by atoms with van der Waals surface area (Å²) in [7, 11) is 3.73. The Bertz CT molecular complexity index is 395. The highest BCUT2D eigenvalue weighted by Gasteiger charge is 2.19. The number of halogens is 2. The standard InChI is InChI=1S/C14H21BrClNO/c1-14(2,18-4)8-7-13(17-3)10-5-6-11(15)12(16)9-10/h5-6,9,13,17H,7-8H2,1-4H3. The van der Waals surface area contributed by atoms with Crippen LogP contribution in [-0.2, 0) is 4.74 Å². The van der Waals surface area contributed by atoms with Gasteiger partial charge < -0.3 is 10.1 Å². The van der Waals surface area contributed by atoms with Gasteiger partial charge in [0.1, 0.15) is 0 Å². The molecule has 102 valence electrons. The molecule has 0 bridgehead atoms. The van der Waals surface area contributed by atoms with E-state index in [1.807, 2.05) is 19.2 Å². The topological polar surface area (TPSA) is 21.3 Å². The van der Waals surface area contributed by atoms with Gasteiger partial charge in [0.25, 0.3) is 0 Å². The zero-order chi connectivity index (χ0) is 13.8. The van der Waals surface area contributed by atoms with Crippen LogP contribution in [-0.4, -0.2) is 19.8 Å². The molecule has 0 spiro atoms. The Labute approximate surface area is 123 Å². The molecule has 0 radical (unpaired) electrons. The van der Waals surface area contributed by atoms with Gasteiger partial charge in [0.2, 0.25) is 0 Å². The lowest BCUT2D eigenvalue weighted by atomic mass is 9.95. The third kappa shape index (κ3) is 4.54. The minimum absolute atomic E-state index is 0.0890. The number of ether oxygens (including phenoxy) is 1. The van der Waals surface area contributed by atoms with Crippen LogP contribution in [0.1, 0.15) is 38.3 Å². The molecule has 1 unspecified atom stereocenters. The molecule has 2 nitrogen and oxygen atoms in total. The highest BCUT2D eigenvalue weighted by atomic mass is 79.9. The number of benzene rings is 1. The van der Waals surface area contributed by atoms with E-state index in [4.69, 9.17) is 16.3 Å². The van der Waals surface area contributed by atoms with E-state index in [0.717, 1.165) is 22.3 Å². The minimum Gasteiger partial charge on any atom is -0.379 e. The maximum Gasteiger partial charge on any atom is 0.0623 e. The van der Waals surface area contributed by atoms with Crippen molar-refractivity contribution in [3.63, 3.8) is 0 Å². The van der Waals surface area contributed by atoms with Gasteiger partial charge in [0, 0.05) is 17.6 Å². The molecule has 1 atom stereocenters. The molecule has 18 heavy (non-hydrogen) atoms. The van der Waals surface area contributed by atoms with E-state index in [-0.39, 0.29) is 5.60 Å². The molecule has 1 aromatic rings. The summed E-state index contributed by atoms with van der Waals surface area (Å²) in [6.45, 7) is 4.21. The predicted molar refractivity (Wildman–Crippen MR) is 81.3 cm³/mol. The first-order chi connectivity index (χ1) is 8.39. The fourth-order valence-corrected chi connectivity index (χ4v) is 2.24. The fraction of sp³-hybridized carbons (Fsp3) is 0.571. The average Bonchev–Trinajstić information content (AvgIpc) is 2.34. The smallest absolute Gasteiger partial charge is 0.0623 e. The van der Waals surface area contributed by atoms with Gasteiger partial charge in [0.15, 0.2) is 0 Å². The maximum absolute atomic E-state index is 6.13. The first kappa shape index (κ1) is 16.0. The van der Waals surface area contributed by atoms with Gasteiger partial charge in [0.05, 0.1) is 10.6 Å². The van der Waals surface area contributed by atoms with Gasteiger partial charge >= 0.3 is 0 Å². The van der Waals surface area contributed by atoms with Crippen molar-refractivity contribution in [3.8, 4) is 0 Å². The van der Waals surface area contributed by atoms with Gasteiger partial charge in [-0.2, -0.15) is 0 Å². The number of rotatable bonds is 6.